The minimum absolute atomic E-state index is 0.523. The normalized spacial score (nSPS) is 19.2. The number of nitrogen functional groups attached to an aromatic ring is 1. The molecule has 0 fully saturated rings. The van der Waals surface area contributed by atoms with E-state index in [9.17, 15) is 9.59 Å². The Kier molecular flexibility index (Phi) is 4.94. The molecular formula is C19H27N3O4. The molecule has 0 spiro atoms. The molecule has 26 heavy (non-hydrogen) atoms. The second kappa shape index (κ2) is 6.55. The maximum absolute atomic E-state index is 13.1. The Morgan fingerprint density at radius 2 is 1.69 bits per heavy atom. The average Bonchev–Trinajstić information content (AvgIpc) is 2.42. The zero-order valence-electron chi connectivity index (χ0n) is 16.1. The molecule has 0 aromatic heterocycles. The van der Waals surface area contributed by atoms with Crippen LogP contribution in [0.3, 0.4) is 0 Å². The molecule has 0 saturated heterocycles. The number of carbonyl (C=O) groups is 2. The number of rotatable bonds is 2. The molecule has 1 unspecified atom stereocenters. The van der Waals surface area contributed by atoms with E-state index >= 15 is 0 Å². The van der Waals surface area contributed by atoms with Crippen molar-refractivity contribution < 1.29 is 19.1 Å². The molecule has 1 aliphatic heterocycles. The van der Waals surface area contributed by atoms with Crippen molar-refractivity contribution in [2.75, 3.05) is 5.73 Å². The number of ether oxygens (including phenoxy) is 2. The van der Waals surface area contributed by atoms with E-state index in [0.717, 1.165) is 0 Å². The lowest BCUT2D eigenvalue weighted by Gasteiger charge is -2.38. The third kappa shape index (κ3) is 4.47. The fourth-order valence-corrected chi connectivity index (χ4v) is 2.53. The van der Waals surface area contributed by atoms with Gasteiger partial charge in [-0.25, -0.2) is 9.59 Å². The number of anilines is 1. The van der Waals surface area contributed by atoms with Crippen molar-refractivity contribution in [2.24, 2.45) is 0 Å². The van der Waals surface area contributed by atoms with Crippen molar-refractivity contribution in [3.8, 4) is 0 Å². The van der Waals surface area contributed by atoms with E-state index in [1.807, 2.05) is 0 Å². The SMILES string of the molecule is CC(C)(C)OC(=O)NC1(C(=O)OC(C)(C)C)NC=Cc2cc(N)ccc21. The van der Waals surface area contributed by atoms with Gasteiger partial charge in [-0.2, -0.15) is 0 Å². The number of fused-ring (bicyclic) bond motifs is 1. The molecule has 1 heterocycles. The summed E-state index contributed by atoms with van der Waals surface area (Å²) in [5.41, 5.74) is 4.55. The molecule has 0 aliphatic carbocycles. The van der Waals surface area contributed by atoms with E-state index in [0.29, 0.717) is 16.8 Å². The van der Waals surface area contributed by atoms with E-state index in [1.54, 1.807) is 72.0 Å². The van der Waals surface area contributed by atoms with Gasteiger partial charge in [-0.3, -0.25) is 5.32 Å². The lowest BCUT2D eigenvalue weighted by Crippen LogP contribution is -2.62. The summed E-state index contributed by atoms with van der Waals surface area (Å²) in [5.74, 6) is -0.647. The number of amides is 1. The zero-order valence-corrected chi connectivity index (χ0v) is 16.1. The minimum atomic E-state index is -1.62. The molecule has 1 amide bonds. The van der Waals surface area contributed by atoms with Crippen LogP contribution in [0, 0.1) is 0 Å². The number of carbonyl (C=O) groups excluding carboxylic acids is 2. The third-order valence-electron chi connectivity index (χ3n) is 3.44. The van der Waals surface area contributed by atoms with E-state index in [2.05, 4.69) is 10.6 Å². The summed E-state index contributed by atoms with van der Waals surface area (Å²) in [7, 11) is 0. The van der Waals surface area contributed by atoms with E-state index < -0.39 is 28.9 Å². The van der Waals surface area contributed by atoms with Gasteiger partial charge in [0.15, 0.2) is 0 Å². The van der Waals surface area contributed by atoms with Crippen LogP contribution in [-0.2, 0) is 19.9 Å². The molecule has 0 saturated carbocycles. The molecule has 1 aromatic carbocycles. The van der Waals surface area contributed by atoms with Crippen LogP contribution in [0.25, 0.3) is 6.08 Å². The van der Waals surface area contributed by atoms with Crippen LogP contribution in [0.2, 0.25) is 0 Å². The molecule has 4 N–H and O–H groups in total. The number of hydrogen-bond donors (Lipinski definition) is 3. The maximum Gasteiger partial charge on any atom is 0.410 e. The van der Waals surface area contributed by atoms with Gasteiger partial charge in [0.1, 0.15) is 11.2 Å². The molecule has 7 nitrogen and oxygen atoms in total. The van der Waals surface area contributed by atoms with Gasteiger partial charge in [-0.15, -0.1) is 0 Å². The van der Waals surface area contributed by atoms with Crippen LogP contribution >= 0.6 is 0 Å². The van der Waals surface area contributed by atoms with Crippen molar-refractivity contribution >= 4 is 23.8 Å². The quantitative estimate of drug-likeness (QED) is 0.553. The predicted octanol–water partition coefficient (Wildman–Crippen LogP) is 2.86. The van der Waals surface area contributed by atoms with Gasteiger partial charge in [-0.1, -0.05) is 6.07 Å². The Hall–Kier alpha value is -2.70. The van der Waals surface area contributed by atoms with Crippen molar-refractivity contribution in [3.05, 3.63) is 35.5 Å². The van der Waals surface area contributed by atoms with Crippen molar-refractivity contribution in [3.63, 3.8) is 0 Å². The summed E-state index contributed by atoms with van der Waals surface area (Å²) in [6, 6.07) is 5.07. The van der Waals surface area contributed by atoms with Gasteiger partial charge >= 0.3 is 12.1 Å². The van der Waals surface area contributed by atoms with Crippen LogP contribution in [0.5, 0.6) is 0 Å². The Balaban J connectivity index is 2.49. The van der Waals surface area contributed by atoms with Crippen molar-refractivity contribution in [1.29, 1.82) is 0 Å². The van der Waals surface area contributed by atoms with Gasteiger partial charge in [0.05, 0.1) is 0 Å². The largest absolute Gasteiger partial charge is 0.457 e. The monoisotopic (exact) mass is 361 g/mol. The van der Waals surface area contributed by atoms with Gasteiger partial charge in [0, 0.05) is 11.3 Å². The first kappa shape index (κ1) is 19.6. The van der Waals surface area contributed by atoms with Crippen LogP contribution < -0.4 is 16.4 Å². The summed E-state index contributed by atoms with van der Waals surface area (Å²) < 4.78 is 10.9. The molecule has 1 atom stereocenters. The highest BCUT2D eigenvalue weighted by atomic mass is 16.6. The molecule has 7 heteroatoms. The standard InChI is InChI=1S/C19H27N3O4/c1-17(2,3)25-15(23)19(22-16(24)26-18(4,5)6)14-8-7-13(20)11-12(14)9-10-21-19/h7-11,21H,20H2,1-6H3,(H,22,24). The molecule has 142 valence electrons. The number of alkyl carbamates (subject to hydrolysis) is 1. The number of hydrogen-bond acceptors (Lipinski definition) is 6. The minimum Gasteiger partial charge on any atom is -0.457 e. The van der Waals surface area contributed by atoms with Crippen molar-refractivity contribution in [2.45, 2.75) is 58.4 Å². The van der Waals surface area contributed by atoms with Gasteiger partial charge < -0.3 is 20.5 Å². The molecular weight excluding hydrogens is 334 g/mol. The third-order valence-corrected chi connectivity index (χ3v) is 3.44. The lowest BCUT2D eigenvalue weighted by molar-refractivity contribution is -0.165. The second-order valence-corrected chi connectivity index (χ2v) is 8.20. The Morgan fingerprint density at radius 3 is 2.27 bits per heavy atom. The zero-order chi connectivity index (χ0) is 19.8. The first-order valence-electron chi connectivity index (χ1n) is 8.41. The molecule has 2 rings (SSSR count). The number of benzene rings is 1. The Bertz CT molecular complexity index is 744. The summed E-state index contributed by atoms with van der Waals surface area (Å²) in [6.45, 7) is 10.5. The van der Waals surface area contributed by atoms with Crippen LogP contribution in [-0.4, -0.2) is 23.3 Å². The molecule has 1 aliphatic rings. The van der Waals surface area contributed by atoms with Crippen LogP contribution in [0.4, 0.5) is 10.5 Å². The summed E-state index contributed by atoms with van der Waals surface area (Å²) in [6.07, 6.45) is 2.60. The topological polar surface area (TPSA) is 103 Å². The highest BCUT2D eigenvalue weighted by Crippen LogP contribution is 2.31. The Labute approximate surface area is 153 Å². The number of esters is 1. The summed E-state index contributed by atoms with van der Waals surface area (Å²) in [4.78, 5) is 25.5. The molecule has 1 aromatic rings. The highest BCUT2D eigenvalue weighted by Gasteiger charge is 2.47. The lowest BCUT2D eigenvalue weighted by atomic mass is 9.91. The molecule has 0 bridgehead atoms. The Morgan fingerprint density at radius 1 is 1.08 bits per heavy atom. The van der Waals surface area contributed by atoms with Gasteiger partial charge in [-0.05, 0) is 71.5 Å². The van der Waals surface area contributed by atoms with E-state index in [1.165, 1.54) is 0 Å². The highest BCUT2D eigenvalue weighted by molar-refractivity contribution is 5.90. The summed E-state index contributed by atoms with van der Waals surface area (Å²) in [5, 5.41) is 5.59. The number of nitrogens with one attached hydrogen (secondary N) is 2. The maximum atomic E-state index is 13.1. The smallest absolute Gasteiger partial charge is 0.410 e. The molecule has 0 radical (unpaired) electrons. The van der Waals surface area contributed by atoms with Crippen molar-refractivity contribution in [1.82, 2.24) is 10.6 Å². The average molecular weight is 361 g/mol. The first-order valence-corrected chi connectivity index (χ1v) is 8.41. The number of nitrogens with two attached hydrogens (primary N) is 1. The fourth-order valence-electron chi connectivity index (χ4n) is 2.53. The van der Waals surface area contributed by atoms with E-state index in [4.69, 9.17) is 15.2 Å². The van der Waals surface area contributed by atoms with Gasteiger partial charge in [0.25, 0.3) is 0 Å². The first-order chi connectivity index (χ1) is 11.8. The van der Waals surface area contributed by atoms with Crippen LogP contribution in [0.1, 0.15) is 52.7 Å². The van der Waals surface area contributed by atoms with Gasteiger partial charge in [0.2, 0.25) is 5.66 Å². The predicted molar refractivity (Wildman–Crippen MR) is 99.9 cm³/mol. The summed E-state index contributed by atoms with van der Waals surface area (Å²) >= 11 is 0. The fraction of sp³-hybridized carbons (Fsp3) is 0.474. The second-order valence-electron chi connectivity index (χ2n) is 8.20. The van der Waals surface area contributed by atoms with Crippen LogP contribution in [0.15, 0.2) is 24.4 Å². The van der Waals surface area contributed by atoms with E-state index in [-0.39, 0.29) is 0 Å².